The fourth-order valence-corrected chi connectivity index (χ4v) is 5.50. The number of carbonyl (C=O) groups is 2. The van der Waals surface area contributed by atoms with E-state index in [0.717, 1.165) is 25.7 Å². The predicted molar refractivity (Wildman–Crippen MR) is 134 cm³/mol. The topological polar surface area (TPSA) is 120 Å². The van der Waals surface area contributed by atoms with Crippen molar-refractivity contribution in [1.29, 1.82) is 0 Å². The van der Waals surface area contributed by atoms with Gasteiger partial charge in [-0.2, -0.15) is 0 Å². The van der Waals surface area contributed by atoms with Crippen LogP contribution in [0.4, 0.5) is 0 Å². The highest BCUT2D eigenvalue weighted by Gasteiger charge is 2.33. The Balaban J connectivity index is 1.19. The van der Waals surface area contributed by atoms with Crippen LogP contribution in [0.5, 0.6) is 5.75 Å². The second-order valence-corrected chi connectivity index (χ2v) is 9.85. The third kappa shape index (κ3) is 4.77. The van der Waals surface area contributed by atoms with Crippen LogP contribution in [-0.4, -0.2) is 69.2 Å². The highest BCUT2D eigenvalue weighted by molar-refractivity contribution is 5.91. The lowest BCUT2D eigenvalue weighted by atomic mass is 9.81. The summed E-state index contributed by atoms with van der Waals surface area (Å²) in [4.78, 5) is 55.2. The fraction of sp³-hybridized carbons (Fsp3) is 0.500. The summed E-state index contributed by atoms with van der Waals surface area (Å²) in [6.45, 7) is 2.23. The van der Waals surface area contributed by atoms with Gasteiger partial charge in [-0.1, -0.05) is 5.16 Å². The molecule has 11 nitrogen and oxygen atoms in total. The Morgan fingerprint density at radius 3 is 2.38 bits per heavy atom. The molecule has 3 aromatic rings. The van der Waals surface area contributed by atoms with Crippen molar-refractivity contribution in [3.8, 4) is 5.75 Å². The molecule has 0 spiro atoms. The molecule has 3 heterocycles. The molecule has 0 N–H and O–H groups in total. The Kier molecular flexibility index (Phi) is 6.86. The van der Waals surface area contributed by atoms with Gasteiger partial charge < -0.3 is 19.1 Å². The summed E-state index contributed by atoms with van der Waals surface area (Å²) in [6.07, 6.45) is 4.42. The van der Waals surface area contributed by atoms with Crippen LogP contribution in [0.2, 0.25) is 0 Å². The monoisotopic (exact) mass is 509 g/mol. The number of hydrogen-bond acceptors (Lipinski definition) is 7. The molecule has 1 saturated heterocycles. The first-order valence-electron chi connectivity index (χ1n) is 12.6. The Bertz CT molecular complexity index is 1410. The summed E-state index contributed by atoms with van der Waals surface area (Å²) in [7, 11) is 3.21. The SMILES string of the molecule is COc1ccc2c(c1)c(=O)n(C[C@H]1CC[C@H](C(=O)N3CCN(C(=O)c4ccno4)CC3)CC1)c(=O)n2C. The molecule has 1 aliphatic heterocycles. The lowest BCUT2D eigenvalue weighted by Gasteiger charge is -2.37. The molecule has 37 heavy (non-hydrogen) atoms. The lowest BCUT2D eigenvalue weighted by molar-refractivity contribution is -0.138. The summed E-state index contributed by atoms with van der Waals surface area (Å²) in [6, 6.07) is 6.67. The van der Waals surface area contributed by atoms with Gasteiger partial charge in [0, 0.05) is 51.8 Å². The van der Waals surface area contributed by atoms with Gasteiger partial charge in [-0.3, -0.25) is 23.5 Å². The molecule has 0 radical (unpaired) electrons. The number of methoxy groups -OCH3 is 1. The first kappa shape index (κ1) is 24.8. The smallest absolute Gasteiger partial charge is 0.331 e. The van der Waals surface area contributed by atoms with Gasteiger partial charge in [-0.25, -0.2) is 4.79 Å². The Morgan fingerprint density at radius 1 is 1.03 bits per heavy atom. The van der Waals surface area contributed by atoms with Gasteiger partial charge in [0.2, 0.25) is 11.7 Å². The van der Waals surface area contributed by atoms with Crippen LogP contribution in [0.3, 0.4) is 0 Å². The van der Waals surface area contributed by atoms with Crippen LogP contribution in [0.25, 0.3) is 10.9 Å². The number of benzene rings is 1. The molecule has 2 aliphatic rings. The van der Waals surface area contributed by atoms with E-state index in [-0.39, 0.29) is 40.7 Å². The number of aryl methyl sites for hydroxylation is 1. The maximum Gasteiger partial charge on any atom is 0.331 e. The molecule has 11 heteroatoms. The summed E-state index contributed by atoms with van der Waals surface area (Å²) in [5, 5.41) is 4.03. The molecule has 1 saturated carbocycles. The van der Waals surface area contributed by atoms with E-state index in [2.05, 4.69) is 5.16 Å². The summed E-state index contributed by atoms with van der Waals surface area (Å²) >= 11 is 0. The number of rotatable bonds is 5. The number of aromatic nitrogens is 3. The molecular weight excluding hydrogens is 478 g/mol. The van der Waals surface area contributed by atoms with Crippen molar-refractivity contribution in [3.05, 3.63) is 57.1 Å². The van der Waals surface area contributed by atoms with E-state index in [1.165, 1.54) is 21.4 Å². The molecule has 196 valence electrons. The Labute approximate surface area is 213 Å². The van der Waals surface area contributed by atoms with Gasteiger partial charge in [-0.15, -0.1) is 0 Å². The molecule has 2 aromatic heterocycles. The molecule has 1 aromatic carbocycles. The van der Waals surface area contributed by atoms with E-state index in [1.54, 1.807) is 37.3 Å². The largest absolute Gasteiger partial charge is 0.497 e. The normalized spacial score (nSPS) is 20.3. The minimum Gasteiger partial charge on any atom is -0.497 e. The van der Waals surface area contributed by atoms with Gasteiger partial charge in [-0.05, 0) is 49.8 Å². The average molecular weight is 510 g/mol. The molecule has 5 rings (SSSR count). The standard InChI is InChI=1S/C26H31N5O6/c1-28-21-8-7-19(36-2)15-20(21)24(33)31(26(28)35)16-17-3-5-18(6-4-17)23(32)29-11-13-30(14-12-29)25(34)22-9-10-27-37-22/h7-10,15,17-18H,3-6,11-14,16H2,1-2H3/t17-,18-. The van der Waals surface area contributed by atoms with Crippen LogP contribution in [0.15, 0.2) is 44.6 Å². The van der Waals surface area contributed by atoms with Crippen molar-refractivity contribution < 1.29 is 18.8 Å². The number of amides is 2. The minimum atomic E-state index is -0.335. The first-order valence-corrected chi connectivity index (χ1v) is 12.6. The van der Waals surface area contributed by atoms with Crippen molar-refractivity contribution in [2.24, 2.45) is 18.9 Å². The van der Waals surface area contributed by atoms with Crippen LogP contribution in [0.1, 0.15) is 36.2 Å². The van der Waals surface area contributed by atoms with E-state index >= 15 is 0 Å². The van der Waals surface area contributed by atoms with Crippen LogP contribution >= 0.6 is 0 Å². The van der Waals surface area contributed by atoms with Gasteiger partial charge in [0.15, 0.2) is 0 Å². The number of nitrogens with zero attached hydrogens (tertiary/aromatic N) is 5. The molecule has 0 atom stereocenters. The predicted octanol–water partition coefficient (Wildman–Crippen LogP) is 1.49. The van der Waals surface area contributed by atoms with E-state index in [1.807, 2.05) is 4.90 Å². The third-order valence-corrected chi connectivity index (χ3v) is 7.72. The Hall–Kier alpha value is -3.89. The first-order chi connectivity index (χ1) is 17.9. The highest BCUT2D eigenvalue weighted by atomic mass is 16.5. The lowest BCUT2D eigenvalue weighted by Crippen LogP contribution is -2.52. The summed E-state index contributed by atoms with van der Waals surface area (Å²) < 4.78 is 13.0. The van der Waals surface area contributed by atoms with Gasteiger partial charge >= 0.3 is 5.69 Å². The van der Waals surface area contributed by atoms with E-state index in [9.17, 15) is 19.2 Å². The van der Waals surface area contributed by atoms with E-state index in [4.69, 9.17) is 9.26 Å². The average Bonchev–Trinajstić information content (AvgIpc) is 3.49. The van der Waals surface area contributed by atoms with Gasteiger partial charge in [0.05, 0.1) is 24.2 Å². The number of piperazine rings is 1. The number of fused-ring (bicyclic) bond motifs is 1. The molecule has 0 unspecified atom stereocenters. The molecule has 1 aliphatic carbocycles. The van der Waals surface area contributed by atoms with Crippen molar-refractivity contribution in [2.45, 2.75) is 32.2 Å². The van der Waals surface area contributed by atoms with E-state index in [0.29, 0.717) is 49.4 Å². The van der Waals surface area contributed by atoms with Crippen molar-refractivity contribution in [1.82, 2.24) is 24.1 Å². The third-order valence-electron chi connectivity index (χ3n) is 7.72. The number of ether oxygens (including phenoxy) is 1. The zero-order valence-electron chi connectivity index (χ0n) is 21.1. The minimum absolute atomic E-state index is 0.0757. The second kappa shape index (κ2) is 10.2. The van der Waals surface area contributed by atoms with Crippen LogP contribution in [-0.2, 0) is 18.4 Å². The van der Waals surface area contributed by atoms with Crippen LogP contribution < -0.4 is 16.0 Å². The van der Waals surface area contributed by atoms with Crippen LogP contribution in [0, 0.1) is 11.8 Å². The molecular formula is C26H31N5O6. The molecule has 2 amide bonds. The van der Waals surface area contributed by atoms with Gasteiger partial charge in [0.25, 0.3) is 11.5 Å². The zero-order chi connectivity index (χ0) is 26.1. The maximum absolute atomic E-state index is 13.2. The fourth-order valence-electron chi connectivity index (χ4n) is 5.50. The van der Waals surface area contributed by atoms with E-state index < -0.39 is 0 Å². The van der Waals surface area contributed by atoms with Crippen molar-refractivity contribution in [2.75, 3.05) is 33.3 Å². The molecule has 0 bridgehead atoms. The number of hydrogen-bond donors (Lipinski definition) is 0. The van der Waals surface area contributed by atoms with Crippen molar-refractivity contribution in [3.63, 3.8) is 0 Å². The van der Waals surface area contributed by atoms with Crippen molar-refractivity contribution >= 4 is 22.7 Å². The summed E-state index contributed by atoms with van der Waals surface area (Å²) in [5.74, 6) is 0.756. The summed E-state index contributed by atoms with van der Waals surface area (Å²) in [5.41, 5.74) is -0.0736. The number of carbonyl (C=O) groups excluding carboxylic acids is 2. The second-order valence-electron chi connectivity index (χ2n) is 9.85. The highest BCUT2D eigenvalue weighted by Crippen LogP contribution is 2.31. The Morgan fingerprint density at radius 2 is 1.73 bits per heavy atom. The quantitative estimate of drug-likeness (QED) is 0.511. The maximum atomic E-state index is 13.2. The van der Waals surface area contributed by atoms with Gasteiger partial charge in [0.1, 0.15) is 5.75 Å². The molecule has 2 fully saturated rings. The zero-order valence-corrected chi connectivity index (χ0v) is 21.1.